The van der Waals surface area contributed by atoms with Crippen molar-refractivity contribution in [1.29, 1.82) is 0 Å². The molecule has 0 amide bonds. The maximum absolute atomic E-state index is 12.4. The van der Waals surface area contributed by atoms with Crippen molar-refractivity contribution in [3.8, 4) is 0 Å². The minimum Gasteiger partial charge on any atom is -0.362 e. The van der Waals surface area contributed by atoms with E-state index in [4.69, 9.17) is 12.2 Å². The summed E-state index contributed by atoms with van der Waals surface area (Å²) in [7, 11) is 0. The molecule has 1 heterocycles. The molecule has 1 N–H and O–H groups in total. The lowest BCUT2D eigenvalue weighted by Gasteiger charge is -2.36. The highest BCUT2D eigenvalue weighted by atomic mass is 32.1. The van der Waals surface area contributed by atoms with Gasteiger partial charge in [0.1, 0.15) is 6.17 Å². The van der Waals surface area contributed by atoms with Crippen molar-refractivity contribution in [1.82, 2.24) is 10.2 Å². The topological polar surface area (TPSA) is 15.3 Å². The van der Waals surface area contributed by atoms with E-state index in [1.54, 1.807) is 0 Å². The van der Waals surface area contributed by atoms with Crippen molar-refractivity contribution in [2.24, 2.45) is 5.92 Å². The van der Waals surface area contributed by atoms with E-state index in [9.17, 15) is 4.39 Å². The number of halogens is 1. The minimum absolute atomic E-state index is 0.462. The summed E-state index contributed by atoms with van der Waals surface area (Å²) in [6.45, 7) is 6.02. The fraction of sp³-hybridized carbons (Fsp3) is 0.875. The van der Waals surface area contributed by atoms with Crippen molar-refractivity contribution >= 4 is 17.3 Å². The number of hydrogen-bond donors (Lipinski definition) is 1. The standard InChI is InChI=1S/C8H15FN2S/c1-6(2)3-10-8(12)11-4-7(9)5-11/h6-7H,3-5H2,1-2H3,(H,10,12). The van der Waals surface area contributed by atoms with E-state index in [-0.39, 0.29) is 0 Å². The monoisotopic (exact) mass is 190 g/mol. The highest BCUT2D eigenvalue weighted by Gasteiger charge is 2.27. The van der Waals surface area contributed by atoms with Gasteiger partial charge in [-0.15, -0.1) is 0 Å². The zero-order valence-electron chi connectivity index (χ0n) is 7.51. The largest absolute Gasteiger partial charge is 0.362 e. The predicted molar refractivity (Wildman–Crippen MR) is 51.9 cm³/mol. The average molecular weight is 190 g/mol. The molecule has 2 nitrogen and oxygen atoms in total. The molecule has 12 heavy (non-hydrogen) atoms. The van der Waals surface area contributed by atoms with E-state index < -0.39 is 6.17 Å². The van der Waals surface area contributed by atoms with Crippen LogP contribution in [0.25, 0.3) is 0 Å². The minimum atomic E-state index is -0.677. The first-order chi connectivity index (χ1) is 5.59. The van der Waals surface area contributed by atoms with Gasteiger partial charge in [0.25, 0.3) is 0 Å². The molecule has 0 atom stereocenters. The van der Waals surface area contributed by atoms with Crippen LogP contribution in [0.5, 0.6) is 0 Å². The number of nitrogens with zero attached hydrogens (tertiary/aromatic N) is 1. The molecule has 0 saturated carbocycles. The molecular weight excluding hydrogens is 175 g/mol. The number of nitrogens with one attached hydrogen (secondary N) is 1. The molecule has 4 heteroatoms. The lowest BCUT2D eigenvalue weighted by Crippen LogP contribution is -2.55. The van der Waals surface area contributed by atoms with Crippen LogP contribution in [0.3, 0.4) is 0 Å². The van der Waals surface area contributed by atoms with Gasteiger partial charge in [-0.1, -0.05) is 13.8 Å². The summed E-state index contributed by atoms with van der Waals surface area (Å²) in [5, 5.41) is 3.79. The highest BCUT2D eigenvalue weighted by molar-refractivity contribution is 7.80. The Morgan fingerprint density at radius 2 is 2.25 bits per heavy atom. The van der Waals surface area contributed by atoms with Gasteiger partial charge < -0.3 is 10.2 Å². The van der Waals surface area contributed by atoms with Crippen molar-refractivity contribution in [3.05, 3.63) is 0 Å². The molecule has 0 aromatic rings. The Balaban J connectivity index is 2.13. The first kappa shape index (κ1) is 9.71. The van der Waals surface area contributed by atoms with Gasteiger partial charge in [-0.3, -0.25) is 0 Å². The smallest absolute Gasteiger partial charge is 0.169 e. The third kappa shape index (κ3) is 2.59. The Morgan fingerprint density at radius 1 is 1.67 bits per heavy atom. The first-order valence-corrected chi connectivity index (χ1v) is 4.67. The molecular formula is C8H15FN2S. The van der Waals surface area contributed by atoms with Gasteiger partial charge in [-0.05, 0) is 18.1 Å². The fourth-order valence-electron chi connectivity index (χ4n) is 0.994. The molecule has 0 spiro atoms. The third-order valence-electron chi connectivity index (χ3n) is 1.79. The molecule has 1 rings (SSSR count). The molecule has 1 aliphatic rings. The van der Waals surface area contributed by atoms with E-state index >= 15 is 0 Å². The van der Waals surface area contributed by atoms with Gasteiger partial charge >= 0.3 is 0 Å². The highest BCUT2D eigenvalue weighted by Crippen LogP contribution is 2.10. The Labute approximate surface area is 78.1 Å². The normalized spacial score (nSPS) is 17.8. The second-order valence-corrected chi connectivity index (χ2v) is 3.97. The van der Waals surface area contributed by atoms with Gasteiger partial charge in [0.15, 0.2) is 5.11 Å². The van der Waals surface area contributed by atoms with E-state index in [1.165, 1.54) is 0 Å². The summed E-state index contributed by atoms with van der Waals surface area (Å²) in [6.07, 6.45) is -0.677. The van der Waals surface area contributed by atoms with Gasteiger partial charge in [-0.25, -0.2) is 4.39 Å². The summed E-state index contributed by atoms with van der Waals surface area (Å²) in [6, 6.07) is 0. The molecule has 1 aliphatic heterocycles. The summed E-state index contributed by atoms with van der Waals surface area (Å²) >= 11 is 5.05. The Kier molecular flexibility index (Phi) is 3.26. The molecule has 0 aliphatic carbocycles. The van der Waals surface area contributed by atoms with Crippen molar-refractivity contribution in [3.63, 3.8) is 0 Å². The molecule has 0 aromatic heterocycles. The van der Waals surface area contributed by atoms with Crippen LogP contribution in [0.2, 0.25) is 0 Å². The van der Waals surface area contributed by atoms with Crippen molar-refractivity contribution in [2.75, 3.05) is 19.6 Å². The van der Waals surface area contributed by atoms with Gasteiger partial charge in [-0.2, -0.15) is 0 Å². The lowest BCUT2D eigenvalue weighted by atomic mass is 10.2. The van der Waals surface area contributed by atoms with Crippen LogP contribution in [-0.4, -0.2) is 35.8 Å². The van der Waals surface area contributed by atoms with E-state index in [0.717, 1.165) is 6.54 Å². The number of rotatable bonds is 2. The van der Waals surface area contributed by atoms with E-state index in [1.807, 2.05) is 4.90 Å². The number of thiocarbonyl (C=S) groups is 1. The Hall–Kier alpha value is -0.380. The van der Waals surface area contributed by atoms with E-state index in [0.29, 0.717) is 24.1 Å². The van der Waals surface area contributed by atoms with Crippen molar-refractivity contribution < 1.29 is 4.39 Å². The average Bonchev–Trinajstić information content (AvgIpc) is 1.94. The summed E-state index contributed by atoms with van der Waals surface area (Å²) in [4.78, 5) is 1.85. The number of likely N-dealkylation sites (tertiary alicyclic amines) is 1. The second kappa shape index (κ2) is 4.03. The van der Waals surface area contributed by atoms with Crippen LogP contribution in [-0.2, 0) is 0 Å². The SMILES string of the molecule is CC(C)CNC(=S)N1CC(F)C1. The lowest BCUT2D eigenvalue weighted by molar-refractivity contribution is 0.129. The van der Waals surface area contributed by atoms with Crippen LogP contribution in [0.1, 0.15) is 13.8 Å². The molecule has 0 aromatic carbocycles. The number of hydrogen-bond acceptors (Lipinski definition) is 1. The summed E-state index contributed by atoms with van der Waals surface area (Å²) in [5.74, 6) is 0.574. The Morgan fingerprint density at radius 3 is 2.67 bits per heavy atom. The van der Waals surface area contributed by atoms with Gasteiger partial charge in [0.2, 0.25) is 0 Å². The van der Waals surface area contributed by atoms with E-state index in [2.05, 4.69) is 19.2 Å². The second-order valence-electron chi connectivity index (χ2n) is 3.58. The maximum Gasteiger partial charge on any atom is 0.169 e. The van der Waals surface area contributed by atoms with Crippen LogP contribution < -0.4 is 5.32 Å². The van der Waals surface area contributed by atoms with Gasteiger partial charge in [0.05, 0.1) is 13.1 Å². The molecule has 0 bridgehead atoms. The van der Waals surface area contributed by atoms with Gasteiger partial charge in [0, 0.05) is 6.54 Å². The summed E-state index contributed by atoms with van der Waals surface area (Å²) < 4.78 is 12.4. The van der Waals surface area contributed by atoms with Crippen LogP contribution in [0, 0.1) is 5.92 Å². The molecule has 0 unspecified atom stereocenters. The third-order valence-corrected chi connectivity index (χ3v) is 2.19. The fourth-order valence-corrected chi connectivity index (χ4v) is 1.23. The van der Waals surface area contributed by atoms with Crippen LogP contribution in [0.4, 0.5) is 4.39 Å². The maximum atomic E-state index is 12.4. The zero-order chi connectivity index (χ0) is 9.14. The molecule has 70 valence electrons. The summed E-state index contributed by atoms with van der Waals surface area (Å²) in [5.41, 5.74) is 0. The number of alkyl halides is 1. The molecule has 0 radical (unpaired) electrons. The molecule has 1 fully saturated rings. The predicted octanol–water partition coefficient (Wildman–Crippen LogP) is 1.17. The van der Waals surface area contributed by atoms with Crippen molar-refractivity contribution in [2.45, 2.75) is 20.0 Å². The molecule has 1 saturated heterocycles. The van der Waals surface area contributed by atoms with Crippen LogP contribution >= 0.6 is 12.2 Å². The Bertz CT molecular complexity index is 166. The zero-order valence-corrected chi connectivity index (χ0v) is 8.33. The van der Waals surface area contributed by atoms with Crippen LogP contribution in [0.15, 0.2) is 0 Å². The first-order valence-electron chi connectivity index (χ1n) is 4.26. The quantitative estimate of drug-likeness (QED) is 0.658.